The highest BCUT2D eigenvalue weighted by molar-refractivity contribution is 5.88. The molecule has 0 heterocycles. The van der Waals surface area contributed by atoms with Gasteiger partial charge in [-0.2, -0.15) is 5.26 Å². The lowest BCUT2D eigenvalue weighted by Gasteiger charge is -2.21. The summed E-state index contributed by atoms with van der Waals surface area (Å²) in [7, 11) is 0. The Balaban J connectivity index is 3.23. The van der Waals surface area contributed by atoms with E-state index in [1.807, 2.05) is 26.8 Å². The number of benzene rings is 1. The fourth-order valence-electron chi connectivity index (χ4n) is 1.54. The van der Waals surface area contributed by atoms with E-state index in [0.717, 1.165) is 11.3 Å². The van der Waals surface area contributed by atoms with E-state index in [1.54, 1.807) is 12.1 Å². The van der Waals surface area contributed by atoms with E-state index in [4.69, 9.17) is 5.26 Å². The van der Waals surface area contributed by atoms with Crippen LogP contribution in [0.4, 0.5) is 5.69 Å². The Bertz CT molecular complexity index is 450. The van der Waals surface area contributed by atoms with Crippen LogP contribution in [0.1, 0.15) is 38.8 Å². The second-order valence-electron chi connectivity index (χ2n) is 4.80. The van der Waals surface area contributed by atoms with E-state index in [9.17, 15) is 4.79 Å². The molecule has 0 fully saturated rings. The molecule has 0 radical (unpaired) electrons. The first kappa shape index (κ1) is 12.3. The van der Waals surface area contributed by atoms with Crippen molar-refractivity contribution in [1.29, 1.82) is 5.26 Å². The smallest absolute Gasteiger partial charge is 0.221 e. The van der Waals surface area contributed by atoms with Crippen molar-refractivity contribution in [2.45, 2.75) is 33.1 Å². The summed E-state index contributed by atoms with van der Waals surface area (Å²) < 4.78 is 0. The molecule has 0 saturated heterocycles. The SMILES string of the molecule is CC(=O)Nc1ccc(C#N)c(C(C)(C)C)c1. The molecule has 1 rings (SSSR count). The van der Waals surface area contributed by atoms with Crippen LogP contribution in [0.15, 0.2) is 18.2 Å². The molecule has 1 N–H and O–H groups in total. The van der Waals surface area contributed by atoms with Gasteiger partial charge in [0.25, 0.3) is 0 Å². The van der Waals surface area contributed by atoms with E-state index in [0.29, 0.717) is 5.56 Å². The highest BCUT2D eigenvalue weighted by Crippen LogP contribution is 2.28. The van der Waals surface area contributed by atoms with E-state index < -0.39 is 0 Å². The normalized spacial score (nSPS) is 10.7. The molecule has 0 aliphatic carbocycles. The minimum atomic E-state index is -0.112. The maximum absolute atomic E-state index is 11.0. The van der Waals surface area contributed by atoms with E-state index in [1.165, 1.54) is 6.92 Å². The molecule has 3 nitrogen and oxygen atoms in total. The van der Waals surface area contributed by atoms with Crippen LogP contribution >= 0.6 is 0 Å². The number of carbonyl (C=O) groups excluding carboxylic acids is 1. The van der Waals surface area contributed by atoms with Gasteiger partial charge in [0.05, 0.1) is 11.6 Å². The van der Waals surface area contributed by atoms with Gasteiger partial charge in [-0.3, -0.25) is 4.79 Å². The molecule has 1 aromatic carbocycles. The molecule has 0 aliphatic heterocycles. The van der Waals surface area contributed by atoms with Gasteiger partial charge in [0.2, 0.25) is 5.91 Å². The highest BCUT2D eigenvalue weighted by atomic mass is 16.1. The summed E-state index contributed by atoms with van der Waals surface area (Å²) in [6.07, 6.45) is 0. The molecule has 0 saturated carbocycles. The second kappa shape index (κ2) is 4.36. The summed E-state index contributed by atoms with van der Waals surface area (Å²) in [5.74, 6) is -0.107. The molecule has 0 spiro atoms. The van der Waals surface area contributed by atoms with E-state index >= 15 is 0 Å². The van der Waals surface area contributed by atoms with Gasteiger partial charge >= 0.3 is 0 Å². The van der Waals surface area contributed by atoms with Gasteiger partial charge in [0.15, 0.2) is 0 Å². The molecular formula is C13H16N2O. The average Bonchev–Trinajstić information content (AvgIpc) is 2.15. The lowest BCUT2D eigenvalue weighted by Crippen LogP contribution is -2.14. The molecule has 0 unspecified atom stereocenters. The lowest BCUT2D eigenvalue weighted by atomic mass is 9.84. The van der Waals surface area contributed by atoms with E-state index in [2.05, 4.69) is 11.4 Å². The average molecular weight is 216 g/mol. The van der Waals surface area contributed by atoms with Crippen molar-refractivity contribution >= 4 is 11.6 Å². The molecule has 0 atom stereocenters. The zero-order chi connectivity index (χ0) is 12.3. The quantitative estimate of drug-likeness (QED) is 0.784. The first-order valence-corrected chi connectivity index (χ1v) is 5.17. The van der Waals surface area contributed by atoms with Gasteiger partial charge in [0, 0.05) is 12.6 Å². The fourth-order valence-corrected chi connectivity index (χ4v) is 1.54. The van der Waals surface area contributed by atoms with Crippen molar-refractivity contribution in [3.8, 4) is 6.07 Å². The zero-order valence-corrected chi connectivity index (χ0v) is 10.1. The van der Waals surface area contributed by atoms with Crippen molar-refractivity contribution in [3.63, 3.8) is 0 Å². The number of hydrogen-bond donors (Lipinski definition) is 1. The number of hydrogen-bond acceptors (Lipinski definition) is 2. The molecule has 84 valence electrons. The number of amides is 1. The molecule has 0 bridgehead atoms. The molecule has 0 aliphatic rings. The summed E-state index contributed by atoms with van der Waals surface area (Å²) in [4.78, 5) is 11.0. The third-order valence-corrected chi connectivity index (χ3v) is 2.27. The Morgan fingerprint density at radius 2 is 2.00 bits per heavy atom. The van der Waals surface area contributed by atoms with Gasteiger partial charge in [-0.1, -0.05) is 20.8 Å². The number of nitrogens with one attached hydrogen (secondary N) is 1. The molecule has 1 amide bonds. The first-order chi connectivity index (χ1) is 7.34. The van der Waals surface area contributed by atoms with Gasteiger partial charge < -0.3 is 5.32 Å². The maximum Gasteiger partial charge on any atom is 0.221 e. The van der Waals surface area contributed by atoms with Crippen molar-refractivity contribution in [1.82, 2.24) is 0 Å². The summed E-state index contributed by atoms with van der Waals surface area (Å²) >= 11 is 0. The predicted octanol–water partition coefficient (Wildman–Crippen LogP) is 2.81. The van der Waals surface area contributed by atoms with Crippen LogP contribution < -0.4 is 5.32 Å². The zero-order valence-electron chi connectivity index (χ0n) is 10.1. The van der Waals surface area contributed by atoms with Crippen molar-refractivity contribution in [2.75, 3.05) is 5.32 Å². The van der Waals surface area contributed by atoms with Crippen molar-refractivity contribution in [2.24, 2.45) is 0 Å². The monoisotopic (exact) mass is 216 g/mol. The van der Waals surface area contributed by atoms with Gasteiger partial charge in [-0.15, -0.1) is 0 Å². The third kappa shape index (κ3) is 2.83. The number of nitriles is 1. The molecule has 3 heteroatoms. The van der Waals surface area contributed by atoms with Gasteiger partial charge in [-0.25, -0.2) is 0 Å². The number of rotatable bonds is 1. The number of carbonyl (C=O) groups is 1. The standard InChI is InChI=1S/C13H16N2O/c1-9(16)15-11-6-5-10(8-14)12(7-11)13(2,3)4/h5-7H,1-4H3,(H,15,16). The summed E-state index contributed by atoms with van der Waals surface area (Å²) in [6, 6.07) is 7.52. The highest BCUT2D eigenvalue weighted by Gasteiger charge is 2.18. The van der Waals surface area contributed by atoms with Crippen molar-refractivity contribution in [3.05, 3.63) is 29.3 Å². The Hall–Kier alpha value is -1.82. The van der Waals surface area contributed by atoms with Crippen LogP contribution in [0, 0.1) is 11.3 Å². The summed E-state index contributed by atoms with van der Waals surface area (Å²) in [5.41, 5.74) is 2.22. The van der Waals surface area contributed by atoms with Gasteiger partial charge in [0.1, 0.15) is 0 Å². The van der Waals surface area contributed by atoms with Crippen LogP contribution in [-0.4, -0.2) is 5.91 Å². The Kier molecular flexibility index (Phi) is 3.34. The van der Waals surface area contributed by atoms with Crippen LogP contribution in [0.3, 0.4) is 0 Å². The molecule has 0 aromatic heterocycles. The number of anilines is 1. The molecule has 16 heavy (non-hydrogen) atoms. The summed E-state index contributed by atoms with van der Waals surface area (Å²) in [5, 5.41) is 11.7. The fraction of sp³-hybridized carbons (Fsp3) is 0.385. The Labute approximate surface area is 96.1 Å². The van der Waals surface area contributed by atoms with Crippen LogP contribution in [0.2, 0.25) is 0 Å². The van der Waals surface area contributed by atoms with Gasteiger partial charge in [-0.05, 0) is 29.2 Å². The van der Waals surface area contributed by atoms with Crippen LogP contribution in [0.25, 0.3) is 0 Å². The largest absolute Gasteiger partial charge is 0.326 e. The Morgan fingerprint density at radius 1 is 1.38 bits per heavy atom. The predicted molar refractivity (Wildman–Crippen MR) is 64.2 cm³/mol. The first-order valence-electron chi connectivity index (χ1n) is 5.17. The maximum atomic E-state index is 11.0. The van der Waals surface area contributed by atoms with Crippen molar-refractivity contribution < 1.29 is 4.79 Å². The molecular weight excluding hydrogens is 200 g/mol. The number of nitrogens with zero attached hydrogens (tertiary/aromatic N) is 1. The second-order valence-corrected chi connectivity index (χ2v) is 4.80. The third-order valence-electron chi connectivity index (χ3n) is 2.27. The molecule has 1 aromatic rings. The minimum Gasteiger partial charge on any atom is -0.326 e. The topological polar surface area (TPSA) is 52.9 Å². The minimum absolute atomic E-state index is 0.107. The summed E-state index contributed by atoms with van der Waals surface area (Å²) in [6.45, 7) is 7.59. The van der Waals surface area contributed by atoms with Crippen LogP contribution in [-0.2, 0) is 10.2 Å². The van der Waals surface area contributed by atoms with Crippen LogP contribution in [0.5, 0.6) is 0 Å². The Morgan fingerprint density at radius 3 is 2.44 bits per heavy atom. The lowest BCUT2D eigenvalue weighted by molar-refractivity contribution is -0.114. The van der Waals surface area contributed by atoms with E-state index in [-0.39, 0.29) is 11.3 Å².